The van der Waals surface area contributed by atoms with Crippen molar-refractivity contribution in [3.63, 3.8) is 0 Å². The first kappa shape index (κ1) is 23.9. The van der Waals surface area contributed by atoms with E-state index >= 15 is 0 Å². The van der Waals surface area contributed by atoms with Crippen LogP contribution in [0.3, 0.4) is 0 Å². The maximum atomic E-state index is 13.1. The van der Waals surface area contributed by atoms with E-state index in [0.29, 0.717) is 11.3 Å². The molecule has 0 bridgehead atoms. The maximum absolute atomic E-state index is 13.1. The summed E-state index contributed by atoms with van der Waals surface area (Å²) in [5, 5.41) is 5.27. The molecule has 0 unspecified atom stereocenters. The van der Waals surface area contributed by atoms with E-state index in [0.717, 1.165) is 23.3 Å². The van der Waals surface area contributed by atoms with Crippen LogP contribution >= 0.6 is 0 Å². The number of anilines is 2. The molecule has 0 fully saturated rings. The lowest BCUT2D eigenvalue weighted by Gasteiger charge is -2.13. The highest BCUT2D eigenvalue weighted by Crippen LogP contribution is 2.20. The van der Waals surface area contributed by atoms with Crippen molar-refractivity contribution in [2.24, 2.45) is 0 Å². The first-order chi connectivity index (χ1) is 15.6. The molecule has 2 amide bonds. The van der Waals surface area contributed by atoms with Crippen molar-refractivity contribution >= 4 is 33.2 Å². The predicted molar refractivity (Wildman–Crippen MR) is 125 cm³/mol. The minimum absolute atomic E-state index is 0.122. The first-order valence-electron chi connectivity index (χ1n) is 10.1. The standard InChI is InChI=1S/C24H24FN3O4S/c1-15-5-4-6-22(17(15)3)27-23(29)14-26-24(30)21-13-20(12-7-16(21)2)33(31,32)28-19-10-8-18(25)9-11-19/h4-13,28H,14H2,1-3H3,(H,26,30)(H,27,29). The largest absolute Gasteiger partial charge is 0.343 e. The van der Waals surface area contributed by atoms with Gasteiger partial charge in [0.2, 0.25) is 5.91 Å². The Labute approximate surface area is 192 Å². The summed E-state index contributed by atoms with van der Waals surface area (Å²) < 4.78 is 40.8. The zero-order valence-electron chi connectivity index (χ0n) is 18.4. The third-order valence-electron chi connectivity index (χ3n) is 5.15. The number of nitrogens with one attached hydrogen (secondary N) is 3. The second-order valence-corrected chi connectivity index (χ2v) is 9.25. The SMILES string of the molecule is Cc1ccc(S(=O)(=O)Nc2ccc(F)cc2)cc1C(=O)NCC(=O)Nc1cccc(C)c1C. The van der Waals surface area contributed by atoms with E-state index in [2.05, 4.69) is 15.4 Å². The van der Waals surface area contributed by atoms with Gasteiger partial charge in [-0.25, -0.2) is 12.8 Å². The molecule has 0 atom stereocenters. The van der Waals surface area contributed by atoms with E-state index in [1.54, 1.807) is 13.0 Å². The van der Waals surface area contributed by atoms with Crippen molar-refractivity contribution in [1.29, 1.82) is 0 Å². The number of rotatable bonds is 7. The molecule has 0 saturated carbocycles. The van der Waals surface area contributed by atoms with Gasteiger partial charge in [0.25, 0.3) is 15.9 Å². The van der Waals surface area contributed by atoms with E-state index in [1.165, 1.54) is 30.3 Å². The summed E-state index contributed by atoms with van der Waals surface area (Å²) in [5.74, 6) is -1.48. The number of carbonyl (C=O) groups excluding carboxylic acids is 2. The zero-order chi connectivity index (χ0) is 24.2. The summed E-state index contributed by atoms with van der Waals surface area (Å²) >= 11 is 0. The van der Waals surface area contributed by atoms with Crippen molar-refractivity contribution < 1.29 is 22.4 Å². The highest BCUT2D eigenvalue weighted by atomic mass is 32.2. The molecule has 7 nitrogen and oxygen atoms in total. The van der Waals surface area contributed by atoms with Gasteiger partial charge in [0.15, 0.2) is 0 Å². The highest BCUT2D eigenvalue weighted by Gasteiger charge is 2.19. The fourth-order valence-corrected chi connectivity index (χ4v) is 4.17. The molecule has 172 valence electrons. The Balaban J connectivity index is 1.70. The molecule has 0 aromatic heterocycles. The van der Waals surface area contributed by atoms with Gasteiger partial charge in [-0.05, 0) is 79.9 Å². The van der Waals surface area contributed by atoms with Gasteiger partial charge >= 0.3 is 0 Å². The van der Waals surface area contributed by atoms with Crippen LogP contribution in [0.2, 0.25) is 0 Å². The van der Waals surface area contributed by atoms with Gasteiger partial charge < -0.3 is 10.6 Å². The molecule has 0 aliphatic carbocycles. The van der Waals surface area contributed by atoms with Crippen molar-refractivity contribution in [3.8, 4) is 0 Å². The number of aryl methyl sites for hydroxylation is 2. The number of hydrogen-bond acceptors (Lipinski definition) is 4. The monoisotopic (exact) mass is 469 g/mol. The Morgan fingerprint density at radius 2 is 1.61 bits per heavy atom. The van der Waals surface area contributed by atoms with Crippen molar-refractivity contribution in [2.75, 3.05) is 16.6 Å². The molecule has 0 spiro atoms. The van der Waals surface area contributed by atoms with Crippen LogP contribution in [-0.4, -0.2) is 26.8 Å². The Morgan fingerprint density at radius 1 is 0.909 bits per heavy atom. The maximum Gasteiger partial charge on any atom is 0.261 e. The van der Waals surface area contributed by atoms with Gasteiger partial charge in [-0.2, -0.15) is 0 Å². The summed E-state index contributed by atoms with van der Waals surface area (Å²) in [6.07, 6.45) is 0. The molecule has 0 saturated heterocycles. The lowest BCUT2D eigenvalue weighted by atomic mass is 10.1. The molecule has 3 aromatic carbocycles. The quantitative estimate of drug-likeness (QED) is 0.488. The predicted octanol–water partition coefficient (Wildman–Crippen LogP) is 3.92. The Morgan fingerprint density at radius 3 is 2.30 bits per heavy atom. The van der Waals surface area contributed by atoms with E-state index < -0.39 is 27.7 Å². The number of sulfonamides is 1. The lowest BCUT2D eigenvalue weighted by molar-refractivity contribution is -0.115. The van der Waals surface area contributed by atoms with Crippen molar-refractivity contribution in [2.45, 2.75) is 25.7 Å². The van der Waals surface area contributed by atoms with Gasteiger partial charge in [-0.1, -0.05) is 18.2 Å². The smallest absolute Gasteiger partial charge is 0.261 e. The highest BCUT2D eigenvalue weighted by molar-refractivity contribution is 7.92. The van der Waals surface area contributed by atoms with Gasteiger partial charge in [0.1, 0.15) is 5.82 Å². The van der Waals surface area contributed by atoms with Crippen molar-refractivity contribution in [1.82, 2.24) is 5.32 Å². The molecule has 0 aliphatic heterocycles. The minimum atomic E-state index is -4.01. The van der Waals surface area contributed by atoms with Crippen LogP contribution in [0.5, 0.6) is 0 Å². The van der Waals surface area contributed by atoms with E-state index in [1.807, 2.05) is 26.0 Å². The molecule has 3 N–H and O–H groups in total. The van der Waals surface area contributed by atoms with E-state index in [4.69, 9.17) is 0 Å². The van der Waals surface area contributed by atoms with Crippen LogP contribution in [-0.2, 0) is 14.8 Å². The van der Waals surface area contributed by atoms with Crippen LogP contribution in [0.1, 0.15) is 27.0 Å². The van der Waals surface area contributed by atoms with Gasteiger partial charge in [0.05, 0.1) is 11.4 Å². The van der Waals surface area contributed by atoms with E-state index in [-0.39, 0.29) is 22.7 Å². The third-order valence-corrected chi connectivity index (χ3v) is 6.53. The second kappa shape index (κ2) is 9.83. The van der Waals surface area contributed by atoms with Crippen LogP contribution in [0.4, 0.5) is 15.8 Å². The first-order valence-corrected chi connectivity index (χ1v) is 11.6. The summed E-state index contributed by atoms with van der Waals surface area (Å²) in [5.41, 5.74) is 3.47. The molecule has 0 aliphatic rings. The molecule has 3 aromatic rings. The second-order valence-electron chi connectivity index (χ2n) is 7.57. The zero-order valence-corrected chi connectivity index (χ0v) is 19.2. The van der Waals surface area contributed by atoms with Crippen LogP contribution in [0.15, 0.2) is 65.6 Å². The Hall–Kier alpha value is -3.72. The molecular weight excluding hydrogens is 445 g/mol. The molecular formula is C24H24FN3O4S. The minimum Gasteiger partial charge on any atom is -0.343 e. The molecule has 0 heterocycles. The average molecular weight is 470 g/mol. The summed E-state index contributed by atoms with van der Waals surface area (Å²) in [7, 11) is -4.01. The van der Waals surface area contributed by atoms with Gasteiger partial charge in [-0.15, -0.1) is 0 Å². The molecule has 33 heavy (non-hydrogen) atoms. The summed E-state index contributed by atoms with van der Waals surface area (Å²) in [6.45, 7) is 5.20. The Kier molecular flexibility index (Phi) is 7.13. The fraction of sp³-hybridized carbons (Fsp3) is 0.167. The van der Waals surface area contributed by atoms with Crippen LogP contribution in [0.25, 0.3) is 0 Å². The number of benzene rings is 3. The summed E-state index contributed by atoms with van der Waals surface area (Å²) in [6, 6.07) is 14.5. The normalized spacial score (nSPS) is 11.0. The molecule has 3 rings (SSSR count). The number of amides is 2. The van der Waals surface area contributed by atoms with Gasteiger partial charge in [0, 0.05) is 16.9 Å². The lowest BCUT2D eigenvalue weighted by Crippen LogP contribution is -2.33. The average Bonchev–Trinajstić information content (AvgIpc) is 2.77. The topological polar surface area (TPSA) is 104 Å². The Bertz CT molecular complexity index is 1310. The number of carbonyl (C=O) groups is 2. The third kappa shape index (κ3) is 5.95. The van der Waals surface area contributed by atoms with Crippen LogP contribution < -0.4 is 15.4 Å². The number of halogens is 1. The summed E-state index contributed by atoms with van der Waals surface area (Å²) in [4.78, 5) is 24.8. The number of hydrogen-bond donors (Lipinski definition) is 3. The fourth-order valence-electron chi connectivity index (χ4n) is 3.08. The molecule has 9 heteroatoms. The van der Waals surface area contributed by atoms with Gasteiger partial charge in [-0.3, -0.25) is 14.3 Å². The van der Waals surface area contributed by atoms with Crippen molar-refractivity contribution in [3.05, 3.63) is 88.7 Å². The molecule has 0 radical (unpaired) electrons. The van der Waals surface area contributed by atoms with E-state index in [9.17, 15) is 22.4 Å². The van der Waals surface area contributed by atoms with Crippen LogP contribution in [0, 0.1) is 26.6 Å².